The van der Waals surface area contributed by atoms with Crippen LogP contribution in [-0.2, 0) is 0 Å². The van der Waals surface area contributed by atoms with Crippen LogP contribution in [0.1, 0.15) is 5.69 Å². The molecule has 2 heterocycles. The minimum atomic E-state index is -0.0741. The Balaban J connectivity index is 2.30. The van der Waals surface area contributed by atoms with E-state index in [0.717, 1.165) is 5.65 Å². The van der Waals surface area contributed by atoms with E-state index in [1.165, 1.54) is 6.21 Å². The Kier molecular flexibility index (Phi) is 2.32. The van der Waals surface area contributed by atoms with Gasteiger partial charge in [0.1, 0.15) is 11.3 Å². The van der Waals surface area contributed by atoms with Crippen molar-refractivity contribution in [3.05, 3.63) is 36.3 Å². The SMILES string of the molecule is NC(N)=NN=Cc1cn2ccccc2n1. The lowest BCUT2D eigenvalue weighted by atomic mass is 10.5. The zero-order valence-corrected chi connectivity index (χ0v) is 7.91. The molecule has 2 aromatic heterocycles. The number of imidazole rings is 1. The van der Waals surface area contributed by atoms with Gasteiger partial charge in [0.05, 0.1) is 6.21 Å². The molecule has 4 N–H and O–H groups in total. The minimum absolute atomic E-state index is 0.0741. The van der Waals surface area contributed by atoms with E-state index in [9.17, 15) is 0 Å². The van der Waals surface area contributed by atoms with Crippen LogP contribution < -0.4 is 11.5 Å². The predicted octanol–water partition coefficient (Wildman–Crippen LogP) is -0.0584. The highest BCUT2D eigenvalue weighted by molar-refractivity contribution is 5.80. The fraction of sp³-hybridized carbons (Fsp3) is 0. The lowest BCUT2D eigenvalue weighted by molar-refractivity contribution is 1.19. The minimum Gasteiger partial charge on any atom is -0.369 e. The molecule has 2 aromatic rings. The molecule has 0 amide bonds. The fourth-order valence-corrected chi connectivity index (χ4v) is 1.17. The number of nitrogens with zero attached hydrogens (tertiary/aromatic N) is 4. The molecule has 0 atom stereocenters. The van der Waals surface area contributed by atoms with Crippen LogP contribution >= 0.6 is 0 Å². The summed E-state index contributed by atoms with van der Waals surface area (Å²) in [6, 6.07) is 5.74. The molecule has 0 aliphatic carbocycles. The lowest BCUT2D eigenvalue weighted by Crippen LogP contribution is -2.21. The van der Waals surface area contributed by atoms with Gasteiger partial charge in [-0.1, -0.05) is 6.07 Å². The molecule has 2 rings (SSSR count). The molecule has 0 aliphatic heterocycles. The van der Waals surface area contributed by atoms with E-state index in [2.05, 4.69) is 15.2 Å². The number of guanidine groups is 1. The third kappa shape index (κ3) is 2.11. The Morgan fingerprint density at radius 2 is 2.27 bits per heavy atom. The molecule has 76 valence electrons. The maximum atomic E-state index is 5.12. The molecule has 15 heavy (non-hydrogen) atoms. The average Bonchev–Trinajstić information content (AvgIpc) is 2.59. The van der Waals surface area contributed by atoms with Gasteiger partial charge >= 0.3 is 0 Å². The molecule has 0 aromatic carbocycles. The first-order valence-corrected chi connectivity index (χ1v) is 4.31. The molecule has 0 aliphatic rings. The summed E-state index contributed by atoms with van der Waals surface area (Å²) in [5, 5.41) is 7.16. The smallest absolute Gasteiger partial charge is 0.211 e. The largest absolute Gasteiger partial charge is 0.369 e. The van der Waals surface area contributed by atoms with E-state index in [0.29, 0.717) is 5.69 Å². The maximum absolute atomic E-state index is 5.12. The van der Waals surface area contributed by atoms with Crippen LogP contribution in [0.4, 0.5) is 0 Å². The second kappa shape index (κ2) is 3.79. The number of rotatable bonds is 2. The van der Waals surface area contributed by atoms with Crippen molar-refractivity contribution >= 4 is 17.8 Å². The maximum Gasteiger partial charge on any atom is 0.211 e. The summed E-state index contributed by atoms with van der Waals surface area (Å²) >= 11 is 0. The van der Waals surface area contributed by atoms with Crippen molar-refractivity contribution in [2.45, 2.75) is 0 Å². The van der Waals surface area contributed by atoms with Crippen molar-refractivity contribution in [1.29, 1.82) is 0 Å². The van der Waals surface area contributed by atoms with Gasteiger partial charge in [-0.05, 0) is 12.1 Å². The summed E-state index contributed by atoms with van der Waals surface area (Å²) in [5.74, 6) is -0.0741. The van der Waals surface area contributed by atoms with Crippen molar-refractivity contribution < 1.29 is 0 Å². The number of nitrogens with two attached hydrogens (primary N) is 2. The van der Waals surface area contributed by atoms with Gasteiger partial charge in [-0.15, -0.1) is 5.10 Å². The highest BCUT2D eigenvalue weighted by atomic mass is 15.3. The van der Waals surface area contributed by atoms with Gasteiger partial charge in [0, 0.05) is 12.4 Å². The van der Waals surface area contributed by atoms with Gasteiger partial charge < -0.3 is 15.9 Å². The highest BCUT2D eigenvalue weighted by Gasteiger charge is 1.96. The van der Waals surface area contributed by atoms with Crippen molar-refractivity contribution in [3.63, 3.8) is 0 Å². The molecular weight excluding hydrogens is 192 g/mol. The van der Waals surface area contributed by atoms with Crippen molar-refractivity contribution in [1.82, 2.24) is 9.38 Å². The zero-order valence-electron chi connectivity index (χ0n) is 7.91. The standard InChI is InChI=1S/C9H10N6/c10-9(11)14-12-5-7-6-15-4-2-1-3-8(15)13-7/h1-6H,(H4,10,11,14). The third-order valence-corrected chi connectivity index (χ3v) is 1.75. The molecule has 0 bridgehead atoms. The molecule has 0 radical (unpaired) electrons. The molecule has 0 fully saturated rings. The fourth-order valence-electron chi connectivity index (χ4n) is 1.17. The second-order valence-electron chi connectivity index (χ2n) is 2.90. The third-order valence-electron chi connectivity index (χ3n) is 1.75. The quantitative estimate of drug-likeness (QED) is 0.406. The van der Waals surface area contributed by atoms with Crippen LogP contribution in [0, 0.1) is 0 Å². The number of hydrogen-bond donors (Lipinski definition) is 2. The van der Waals surface area contributed by atoms with E-state index in [-0.39, 0.29) is 5.96 Å². The van der Waals surface area contributed by atoms with Crippen LogP contribution in [0.25, 0.3) is 5.65 Å². The van der Waals surface area contributed by atoms with Crippen LogP contribution in [0.5, 0.6) is 0 Å². The number of hydrogen-bond acceptors (Lipinski definition) is 3. The number of fused-ring (bicyclic) bond motifs is 1. The molecule has 6 nitrogen and oxygen atoms in total. The summed E-state index contributed by atoms with van der Waals surface area (Å²) in [6.07, 6.45) is 5.23. The Hall–Kier alpha value is -2.37. The monoisotopic (exact) mass is 202 g/mol. The summed E-state index contributed by atoms with van der Waals surface area (Å²) < 4.78 is 1.89. The number of pyridine rings is 1. The van der Waals surface area contributed by atoms with E-state index in [1.807, 2.05) is 35.0 Å². The lowest BCUT2D eigenvalue weighted by Gasteiger charge is -1.86. The Morgan fingerprint density at radius 3 is 3.00 bits per heavy atom. The summed E-state index contributed by atoms with van der Waals surface area (Å²) in [4.78, 5) is 4.27. The summed E-state index contributed by atoms with van der Waals surface area (Å²) in [6.45, 7) is 0. The number of aromatic nitrogens is 2. The first-order valence-electron chi connectivity index (χ1n) is 4.31. The van der Waals surface area contributed by atoms with Crippen LogP contribution in [0.3, 0.4) is 0 Å². The van der Waals surface area contributed by atoms with Crippen molar-refractivity contribution in [3.8, 4) is 0 Å². The van der Waals surface area contributed by atoms with Gasteiger partial charge in [-0.3, -0.25) is 0 Å². The van der Waals surface area contributed by atoms with Gasteiger partial charge in [0.2, 0.25) is 5.96 Å². The highest BCUT2D eigenvalue weighted by Crippen LogP contribution is 2.02. The van der Waals surface area contributed by atoms with Gasteiger partial charge in [0.25, 0.3) is 0 Å². The predicted molar refractivity (Wildman–Crippen MR) is 58.6 cm³/mol. The van der Waals surface area contributed by atoms with Crippen LogP contribution in [0.15, 0.2) is 40.8 Å². The second-order valence-corrected chi connectivity index (χ2v) is 2.90. The molecule has 0 saturated carbocycles. The van der Waals surface area contributed by atoms with E-state index < -0.39 is 0 Å². The van der Waals surface area contributed by atoms with E-state index in [4.69, 9.17) is 11.5 Å². The Morgan fingerprint density at radius 1 is 1.40 bits per heavy atom. The first-order chi connectivity index (χ1) is 7.25. The molecule has 0 saturated heterocycles. The summed E-state index contributed by atoms with van der Waals surface area (Å²) in [5.41, 5.74) is 11.8. The van der Waals surface area contributed by atoms with Crippen LogP contribution in [0.2, 0.25) is 0 Å². The molecule has 0 unspecified atom stereocenters. The topological polar surface area (TPSA) is 94.1 Å². The van der Waals surface area contributed by atoms with Crippen molar-refractivity contribution in [2.24, 2.45) is 21.7 Å². The van der Waals surface area contributed by atoms with Crippen LogP contribution in [-0.4, -0.2) is 21.6 Å². The Labute approximate surface area is 85.9 Å². The van der Waals surface area contributed by atoms with Gasteiger partial charge in [-0.25, -0.2) is 4.98 Å². The van der Waals surface area contributed by atoms with E-state index >= 15 is 0 Å². The van der Waals surface area contributed by atoms with Gasteiger partial charge in [-0.2, -0.15) is 5.10 Å². The van der Waals surface area contributed by atoms with E-state index in [1.54, 1.807) is 0 Å². The summed E-state index contributed by atoms with van der Waals surface area (Å²) in [7, 11) is 0. The molecule has 6 heteroatoms. The Bertz CT molecular complexity index is 487. The normalized spacial score (nSPS) is 10.9. The van der Waals surface area contributed by atoms with Gasteiger partial charge in [0.15, 0.2) is 0 Å². The average molecular weight is 202 g/mol. The molecular formula is C9H10N6. The van der Waals surface area contributed by atoms with Crippen molar-refractivity contribution in [2.75, 3.05) is 0 Å². The zero-order chi connectivity index (χ0) is 10.7. The molecule has 0 spiro atoms. The first kappa shape index (κ1) is 9.20.